The second kappa shape index (κ2) is 8.25. The summed E-state index contributed by atoms with van der Waals surface area (Å²) in [5.74, 6) is 1.96. The molecule has 0 bridgehead atoms. The van der Waals surface area contributed by atoms with E-state index in [4.69, 9.17) is 9.26 Å². The predicted molar refractivity (Wildman–Crippen MR) is 105 cm³/mol. The van der Waals surface area contributed by atoms with Gasteiger partial charge in [0.25, 0.3) is 0 Å². The van der Waals surface area contributed by atoms with Crippen LogP contribution in [0.15, 0.2) is 59.1 Å². The van der Waals surface area contributed by atoms with Gasteiger partial charge in [0.1, 0.15) is 11.8 Å². The summed E-state index contributed by atoms with van der Waals surface area (Å²) in [7, 11) is 0. The molecule has 144 valence electrons. The minimum atomic E-state index is -0.153. The van der Waals surface area contributed by atoms with E-state index in [9.17, 15) is 4.79 Å². The fraction of sp³-hybridized carbons (Fsp3) is 0.318. The Kier molecular flexibility index (Phi) is 5.37. The van der Waals surface area contributed by atoms with Gasteiger partial charge in [-0.25, -0.2) is 0 Å². The first-order chi connectivity index (χ1) is 13.7. The Morgan fingerprint density at radius 1 is 1.18 bits per heavy atom. The molecule has 3 aromatic rings. The third-order valence-corrected chi connectivity index (χ3v) is 4.92. The number of hydrogen-bond acceptors (Lipinski definition) is 5. The molecule has 6 heteroatoms. The van der Waals surface area contributed by atoms with Crippen LogP contribution < -0.4 is 4.74 Å². The monoisotopic (exact) mass is 377 g/mol. The van der Waals surface area contributed by atoms with Gasteiger partial charge in [-0.2, -0.15) is 4.98 Å². The summed E-state index contributed by atoms with van der Waals surface area (Å²) < 4.78 is 11.0. The minimum absolute atomic E-state index is 0.0751. The molecule has 0 saturated carbocycles. The largest absolute Gasteiger partial charge is 0.494 e. The second-order valence-corrected chi connectivity index (χ2v) is 6.82. The van der Waals surface area contributed by atoms with Crippen molar-refractivity contribution >= 4 is 5.91 Å². The van der Waals surface area contributed by atoms with Crippen LogP contribution in [-0.4, -0.2) is 34.1 Å². The van der Waals surface area contributed by atoms with Crippen molar-refractivity contribution in [2.24, 2.45) is 0 Å². The molecule has 1 aromatic heterocycles. The Hall–Kier alpha value is -3.15. The molecule has 2 heterocycles. The van der Waals surface area contributed by atoms with Gasteiger partial charge in [-0.05, 0) is 37.5 Å². The van der Waals surface area contributed by atoms with Crippen LogP contribution in [0.3, 0.4) is 0 Å². The molecule has 1 aliphatic rings. The van der Waals surface area contributed by atoms with E-state index in [0.29, 0.717) is 31.3 Å². The van der Waals surface area contributed by atoms with Crippen LogP contribution in [0.4, 0.5) is 0 Å². The third-order valence-electron chi connectivity index (χ3n) is 4.92. The lowest BCUT2D eigenvalue weighted by atomic mass is 10.1. The molecule has 1 fully saturated rings. The van der Waals surface area contributed by atoms with Gasteiger partial charge in [0.05, 0.1) is 13.0 Å². The smallest absolute Gasteiger partial charge is 0.249 e. The quantitative estimate of drug-likeness (QED) is 0.648. The Morgan fingerprint density at radius 2 is 1.96 bits per heavy atom. The molecule has 1 atom stereocenters. The van der Waals surface area contributed by atoms with Gasteiger partial charge in [-0.3, -0.25) is 4.79 Å². The Bertz CT molecular complexity index is 922. The van der Waals surface area contributed by atoms with E-state index in [1.54, 1.807) is 0 Å². The van der Waals surface area contributed by atoms with Crippen LogP contribution in [0.2, 0.25) is 0 Å². The van der Waals surface area contributed by atoms with E-state index in [2.05, 4.69) is 10.1 Å². The number of amides is 1. The van der Waals surface area contributed by atoms with Crippen LogP contribution in [0.1, 0.15) is 37.3 Å². The topological polar surface area (TPSA) is 68.5 Å². The first-order valence-electron chi connectivity index (χ1n) is 9.65. The summed E-state index contributed by atoms with van der Waals surface area (Å²) in [4.78, 5) is 19.3. The summed E-state index contributed by atoms with van der Waals surface area (Å²) in [5, 5.41) is 4.10. The molecule has 1 amide bonds. The fourth-order valence-electron chi connectivity index (χ4n) is 3.54. The van der Waals surface area contributed by atoms with Crippen LogP contribution >= 0.6 is 0 Å². The normalized spacial score (nSPS) is 16.3. The Morgan fingerprint density at radius 3 is 2.71 bits per heavy atom. The zero-order valence-electron chi connectivity index (χ0n) is 15.9. The maximum atomic E-state index is 12.9. The molecule has 6 nitrogen and oxygen atoms in total. The van der Waals surface area contributed by atoms with Crippen molar-refractivity contribution < 1.29 is 14.1 Å². The lowest BCUT2D eigenvalue weighted by Crippen LogP contribution is -2.32. The van der Waals surface area contributed by atoms with Crippen LogP contribution in [0.5, 0.6) is 5.75 Å². The maximum Gasteiger partial charge on any atom is 0.249 e. The summed E-state index contributed by atoms with van der Waals surface area (Å²) in [6.45, 7) is 3.29. The summed E-state index contributed by atoms with van der Waals surface area (Å²) in [5.41, 5.74) is 1.87. The van der Waals surface area contributed by atoms with Crippen LogP contribution in [0.25, 0.3) is 11.4 Å². The van der Waals surface area contributed by atoms with E-state index in [1.807, 2.05) is 66.4 Å². The number of rotatable bonds is 6. The lowest BCUT2D eigenvalue weighted by Gasteiger charge is -2.22. The van der Waals surface area contributed by atoms with Gasteiger partial charge in [0.2, 0.25) is 17.6 Å². The molecule has 0 unspecified atom stereocenters. The number of ether oxygens (including phenoxy) is 1. The van der Waals surface area contributed by atoms with Crippen molar-refractivity contribution in [3.05, 3.63) is 66.1 Å². The zero-order chi connectivity index (χ0) is 19.3. The fourth-order valence-corrected chi connectivity index (χ4v) is 3.54. The number of hydrogen-bond donors (Lipinski definition) is 0. The molecule has 4 rings (SSSR count). The van der Waals surface area contributed by atoms with E-state index in [-0.39, 0.29) is 11.9 Å². The number of benzene rings is 2. The number of likely N-dealkylation sites (tertiary alicyclic amines) is 1. The molecule has 0 spiro atoms. The third kappa shape index (κ3) is 3.91. The van der Waals surface area contributed by atoms with Gasteiger partial charge in [-0.15, -0.1) is 0 Å². The molecular formula is C22H23N3O3. The summed E-state index contributed by atoms with van der Waals surface area (Å²) in [6, 6.07) is 17.2. The molecule has 1 saturated heterocycles. The Balaban J connectivity index is 1.46. The Labute approximate surface area is 164 Å². The first kappa shape index (κ1) is 18.2. The standard InChI is InChI=1S/C22H23N3O3/c1-2-27-18-12-10-16(11-13-18)15-20(26)25-14-6-9-19(25)22-23-21(24-28-22)17-7-4-3-5-8-17/h3-5,7-8,10-13,19H,2,6,9,14-15H2,1H3/t19-/m0/s1. The highest BCUT2D eigenvalue weighted by atomic mass is 16.5. The van der Waals surface area contributed by atoms with Crippen LogP contribution in [0, 0.1) is 0 Å². The lowest BCUT2D eigenvalue weighted by molar-refractivity contribution is -0.131. The zero-order valence-corrected chi connectivity index (χ0v) is 15.9. The van der Waals surface area contributed by atoms with E-state index < -0.39 is 0 Å². The average molecular weight is 377 g/mol. The van der Waals surface area contributed by atoms with Crippen molar-refractivity contribution in [2.45, 2.75) is 32.2 Å². The minimum Gasteiger partial charge on any atom is -0.494 e. The van der Waals surface area contributed by atoms with Crippen molar-refractivity contribution in [2.75, 3.05) is 13.2 Å². The maximum absolute atomic E-state index is 12.9. The molecule has 0 aliphatic carbocycles. The molecule has 0 radical (unpaired) electrons. The van der Waals surface area contributed by atoms with Crippen LogP contribution in [-0.2, 0) is 11.2 Å². The highest BCUT2D eigenvalue weighted by Gasteiger charge is 2.34. The highest BCUT2D eigenvalue weighted by molar-refractivity contribution is 5.79. The number of carbonyl (C=O) groups excluding carboxylic acids is 1. The van der Waals surface area contributed by atoms with E-state index in [0.717, 1.165) is 29.7 Å². The van der Waals surface area contributed by atoms with Gasteiger partial charge in [-0.1, -0.05) is 47.6 Å². The van der Waals surface area contributed by atoms with Crippen molar-refractivity contribution in [3.63, 3.8) is 0 Å². The molecule has 2 aromatic carbocycles. The van der Waals surface area contributed by atoms with Crippen molar-refractivity contribution in [3.8, 4) is 17.1 Å². The number of nitrogens with zero attached hydrogens (tertiary/aromatic N) is 3. The van der Waals surface area contributed by atoms with Crippen molar-refractivity contribution in [1.29, 1.82) is 0 Å². The van der Waals surface area contributed by atoms with Gasteiger partial charge >= 0.3 is 0 Å². The van der Waals surface area contributed by atoms with Gasteiger partial charge in [0, 0.05) is 12.1 Å². The van der Waals surface area contributed by atoms with Crippen molar-refractivity contribution in [1.82, 2.24) is 15.0 Å². The number of carbonyl (C=O) groups is 1. The summed E-state index contributed by atoms with van der Waals surface area (Å²) >= 11 is 0. The molecule has 0 N–H and O–H groups in total. The second-order valence-electron chi connectivity index (χ2n) is 6.82. The van der Waals surface area contributed by atoms with E-state index >= 15 is 0 Å². The molecular weight excluding hydrogens is 354 g/mol. The highest BCUT2D eigenvalue weighted by Crippen LogP contribution is 2.32. The first-order valence-corrected chi connectivity index (χ1v) is 9.65. The molecule has 1 aliphatic heterocycles. The average Bonchev–Trinajstić information content (AvgIpc) is 3.40. The number of aromatic nitrogens is 2. The van der Waals surface area contributed by atoms with Gasteiger partial charge in [0.15, 0.2) is 0 Å². The summed E-state index contributed by atoms with van der Waals surface area (Å²) in [6.07, 6.45) is 2.12. The SMILES string of the molecule is CCOc1ccc(CC(=O)N2CCC[C@H]2c2nc(-c3ccccc3)no2)cc1. The molecule has 28 heavy (non-hydrogen) atoms. The van der Waals surface area contributed by atoms with Gasteiger partial charge < -0.3 is 14.2 Å². The van der Waals surface area contributed by atoms with E-state index in [1.165, 1.54) is 0 Å². The predicted octanol–water partition coefficient (Wildman–Crippen LogP) is 4.04.